The van der Waals surface area contributed by atoms with Crippen LogP contribution in [0.1, 0.15) is 42.9 Å². The number of guanidine groups is 1. The number of imidazole rings is 1. The van der Waals surface area contributed by atoms with Crippen LogP contribution in [0.2, 0.25) is 0 Å². The van der Waals surface area contributed by atoms with Crippen LogP contribution in [0.5, 0.6) is 0 Å². The molecule has 1 aliphatic rings. The fourth-order valence-electron chi connectivity index (χ4n) is 4.07. The minimum absolute atomic E-state index is 0.242. The maximum atomic E-state index is 4.82. The van der Waals surface area contributed by atoms with Gasteiger partial charge in [-0.2, -0.15) is 0 Å². The summed E-state index contributed by atoms with van der Waals surface area (Å²) in [4.78, 5) is 8.92. The predicted molar refractivity (Wildman–Crippen MR) is 123 cm³/mol. The highest BCUT2D eigenvalue weighted by molar-refractivity contribution is 5.79. The Balaban J connectivity index is 1.36. The van der Waals surface area contributed by atoms with Crippen molar-refractivity contribution >= 4 is 5.96 Å². The number of rotatable bonds is 8. The summed E-state index contributed by atoms with van der Waals surface area (Å²) in [5.41, 5.74) is 4.16. The zero-order valence-electron chi connectivity index (χ0n) is 17.7. The lowest BCUT2D eigenvalue weighted by atomic mass is 9.64. The van der Waals surface area contributed by atoms with Crippen LogP contribution < -0.4 is 10.6 Å². The number of aromatic nitrogens is 2. The van der Waals surface area contributed by atoms with Crippen LogP contribution in [0.3, 0.4) is 0 Å². The molecule has 2 N–H and O–H groups in total. The molecule has 0 spiro atoms. The molecule has 0 atom stereocenters. The molecule has 0 amide bonds. The first-order valence-electron chi connectivity index (χ1n) is 10.9. The van der Waals surface area contributed by atoms with Crippen molar-refractivity contribution in [2.75, 3.05) is 13.1 Å². The molecule has 1 fully saturated rings. The van der Waals surface area contributed by atoms with Gasteiger partial charge >= 0.3 is 0 Å². The van der Waals surface area contributed by atoms with E-state index < -0.39 is 0 Å². The Morgan fingerprint density at radius 2 is 1.80 bits per heavy atom. The maximum absolute atomic E-state index is 4.82. The van der Waals surface area contributed by atoms with Gasteiger partial charge in [-0.3, -0.25) is 0 Å². The number of hydrogen-bond acceptors (Lipinski definition) is 2. The minimum Gasteiger partial charge on any atom is -0.357 e. The summed E-state index contributed by atoms with van der Waals surface area (Å²) in [5.74, 6) is 0.891. The van der Waals surface area contributed by atoms with E-state index in [9.17, 15) is 0 Å². The molecule has 2 aromatic carbocycles. The van der Waals surface area contributed by atoms with Gasteiger partial charge in [-0.1, -0.05) is 61.0 Å². The molecule has 1 aromatic heterocycles. The average molecular weight is 402 g/mol. The molecule has 4 rings (SSSR count). The molecule has 1 saturated carbocycles. The van der Waals surface area contributed by atoms with E-state index in [1.54, 1.807) is 0 Å². The van der Waals surface area contributed by atoms with Crippen LogP contribution in [-0.2, 0) is 18.5 Å². The van der Waals surface area contributed by atoms with Gasteiger partial charge in [0.1, 0.15) is 0 Å². The van der Waals surface area contributed by atoms with E-state index in [-0.39, 0.29) is 5.41 Å². The number of nitrogens with zero attached hydrogens (tertiary/aromatic N) is 3. The highest BCUT2D eigenvalue weighted by atomic mass is 15.2. The Hall–Kier alpha value is -3.08. The summed E-state index contributed by atoms with van der Waals surface area (Å²) in [6, 6.07) is 19.6. The lowest BCUT2D eigenvalue weighted by molar-refractivity contribution is 0.244. The highest BCUT2D eigenvalue weighted by Gasteiger charge is 2.38. The van der Waals surface area contributed by atoms with Crippen molar-refractivity contribution < 1.29 is 0 Å². The number of benzene rings is 2. The Bertz CT molecular complexity index is 925. The van der Waals surface area contributed by atoms with Crippen molar-refractivity contribution in [3.8, 4) is 0 Å². The summed E-state index contributed by atoms with van der Waals surface area (Å²) in [6.45, 7) is 5.40. The van der Waals surface area contributed by atoms with Gasteiger partial charge in [-0.15, -0.1) is 0 Å². The van der Waals surface area contributed by atoms with Gasteiger partial charge in [0.2, 0.25) is 0 Å². The molecule has 0 bridgehead atoms. The fourth-order valence-corrected chi connectivity index (χ4v) is 4.07. The number of aliphatic imine (C=N–C) groups is 1. The van der Waals surface area contributed by atoms with Crippen LogP contribution in [0.4, 0.5) is 0 Å². The van der Waals surface area contributed by atoms with Gasteiger partial charge in [0, 0.05) is 37.4 Å². The normalized spacial score (nSPS) is 15.4. The lowest BCUT2D eigenvalue weighted by Crippen LogP contribution is -2.48. The van der Waals surface area contributed by atoms with Crippen molar-refractivity contribution in [2.24, 2.45) is 4.99 Å². The molecule has 0 saturated heterocycles. The third-order valence-electron chi connectivity index (χ3n) is 6.00. The van der Waals surface area contributed by atoms with Crippen molar-refractivity contribution in [3.05, 3.63) is 90.0 Å². The molecular weight excluding hydrogens is 370 g/mol. The molecule has 30 heavy (non-hydrogen) atoms. The second-order valence-corrected chi connectivity index (χ2v) is 8.10. The van der Waals surface area contributed by atoms with E-state index in [1.807, 2.05) is 18.7 Å². The average Bonchev–Trinajstić information content (AvgIpc) is 3.26. The van der Waals surface area contributed by atoms with Gasteiger partial charge in [0.25, 0.3) is 0 Å². The Morgan fingerprint density at radius 1 is 1.03 bits per heavy atom. The standard InChI is InChI=1S/C25H31N5/c1-2-27-24(29-19-25(13-6-14-25)23-7-4-3-5-8-23)28-17-21-9-11-22(12-10-21)18-30-16-15-26-20-30/h3-5,7-12,15-16,20H,2,6,13-14,17-19H2,1H3,(H2,27,28,29). The minimum atomic E-state index is 0.242. The molecule has 156 valence electrons. The van der Waals surface area contributed by atoms with Crippen LogP contribution in [0.25, 0.3) is 0 Å². The first kappa shape index (κ1) is 20.2. The van der Waals surface area contributed by atoms with E-state index in [4.69, 9.17) is 4.99 Å². The molecule has 5 heteroatoms. The quantitative estimate of drug-likeness (QED) is 0.441. The topological polar surface area (TPSA) is 54.2 Å². The van der Waals surface area contributed by atoms with Crippen molar-refractivity contribution in [2.45, 2.75) is 44.7 Å². The van der Waals surface area contributed by atoms with E-state index in [2.05, 4.69) is 81.7 Å². The third-order valence-corrected chi connectivity index (χ3v) is 6.00. The summed E-state index contributed by atoms with van der Waals surface area (Å²) in [7, 11) is 0. The van der Waals surface area contributed by atoms with E-state index in [1.165, 1.54) is 36.0 Å². The summed E-state index contributed by atoms with van der Waals surface area (Å²) < 4.78 is 2.07. The molecule has 5 nitrogen and oxygen atoms in total. The second kappa shape index (κ2) is 9.61. The number of nitrogens with one attached hydrogen (secondary N) is 2. The van der Waals surface area contributed by atoms with Crippen LogP contribution in [0, 0.1) is 0 Å². The Kier molecular flexibility index (Phi) is 6.47. The van der Waals surface area contributed by atoms with Crippen molar-refractivity contribution in [1.82, 2.24) is 20.2 Å². The molecular formula is C25H31N5. The largest absolute Gasteiger partial charge is 0.357 e. The van der Waals surface area contributed by atoms with Gasteiger partial charge in [-0.05, 0) is 36.5 Å². The van der Waals surface area contributed by atoms with E-state index in [0.717, 1.165) is 25.6 Å². The first-order chi connectivity index (χ1) is 14.8. The van der Waals surface area contributed by atoms with Gasteiger partial charge in [0.05, 0.1) is 12.9 Å². The maximum Gasteiger partial charge on any atom is 0.191 e. The summed E-state index contributed by atoms with van der Waals surface area (Å²) in [5, 5.41) is 7.00. The number of hydrogen-bond donors (Lipinski definition) is 2. The zero-order valence-corrected chi connectivity index (χ0v) is 17.7. The van der Waals surface area contributed by atoms with E-state index >= 15 is 0 Å². The second-order valence-electron chi connectivity index (χ2n) is 8.10. The van der Waals surface area contributed by atoms with Crippen LogP contribution >= 0.6 is 0 Å². The van der Waals surface area contributed by atoms with E-state index in [0.29, 0.717) is 6.54 Å². The molecule has 3 aromatic rings. The molecule has 1 heterocycles. The predicted octanol–water partition coefficient (Wildman–Crippen LogP) is 4.11. The van der Waals surface area contributed by atoms with Crippen LogP contribution in [0.15, 0.2) is 78.3 Å². The summed E-state index contributed by atoms with van der Waals surface area (Å²) >= 11 is 0. The van der Waals surface area contributed by atoms with Crippen molar-refractivity contribution in [1.29, 1.82) is 0 Å². The SMILES string of the molecule is CCNC(=NCc1ccc(Cn2ccnc2)cc1)NCC1(c2ccccc2)CCC1. The zero-order chi connectivity index (χ0) is 20.7. The highest BCUT2D eigenvalue weighted by Crippen LogP contribution is 2.43. The third kappa shape index (κ3) is 4.90. The molecule has 0 aliphatic heterocycles. The lowest BCUT2D eigenvalue weighted by Gasteiger charge is -2.43. The molecule has 0 radical (unpaired) electrons. The van der Waals surface area contributed by atoms with Crippen molar-refractivity contribution in [3.63, 3.8) is 0 Å². The Labute approximate surface area is 179 Å². The van der Waals surface area contributed by atoms with Gasteiger partial charge in [0.15, 0.2) is 5.96 Å². The summed E-state index contributed by atoms with van der Waals surface area (Å²) in [6.07, 6.45) is 9.41. The molecule has 0 unspecified atom stereocenters. The first-order valence-corrected chi connectivity index (χ1v) is 10.9. The fraction of sp³-hybridized carbons (Fsp3) is 0.360. The van der Waals surface area contributed by atoms with Gasteiger partial charge < -0.3 is 15.2 Å². The monoisotopic (exact) mass is 401 g/mol. The van der Waals surface area contributed by atoms with Gasteiger partial charge in [-0.25, -0.2) is 9.98 Å². The van der Waals surface area contributed by atoms with Crippen LogP contribution in [-0.4, -0.2) is 28.6 Å². The molecule has 1 aliphatic carbocycles. The smallest absolute Gasteiger partial charge is 0.191 e. The Morgan fingerprint density at radius 3 is 2.43 bits per heavy atom.